The van der Waals surface area contributed by atoms with Gasteiger partial charge in [-0.2, -0.15) is 0 Å². The van der Waals surface area contributed by atoms with Crippen LogP contribution in [-0.2, 0) is 17.7 Å². The van der Waals surface area contributed by atoms with Gasteiger partial charge in [-0.3, -0.25) is 4.90 Å². The van der Waals surface area contributed by atoms with E-state index in [-0.39, 0.29) is 0 Å². The Morgan fingerprint density at radius 3 is 2.24 bits per heavy atom. The molecule has 0 unspecified atom stereocenters. The molecule has 1 rings (SSSR count). The molecule has 0 saturated carbocycles. The van der Waals surface area contributed by atoms with Gasteiger partial charge in [0.25, 0.3) is 0 Å². The minimum atomic E-state index is 0.643. The van der Waals surface area contributed by atoms with Gasteiger partial charge < -0.3 is 10.1 Å². The van der Waals surface area contributed by atoms with Crippen molar-refractivity contribution in [2.75, 3.05) is 33.9 Å². The summed E-state index contributed by atoms with van der Waals surface area (Å²) in [4.78, 5) is 2.55. The molecule has 3 nitrogen and oxygen atoms in total. The second-order valence-electron chi connectivity index (χ2n) is 5.60. The van der Waals surface area contributed by atoms with Crippen molar-refractivity contribution in [3.8, 4) is 0 Å². The van der Waals surface area contributed by atoms with Crippen molar-refractivity contribution in [3.63, 3.8) is 0 Å². The highest BCUT2D eigenvalue weighted by Crippen LogP contribution is 2.14. The predicted molar refractivity (Wildman–Crippen MR) is 90.7 cm³/mol. The molecule has 1 aromatic carbocycles. The molecular formula is C18H32N2O. The monoisotopic (exact) mass is 292 g/mol. The number of rotatable bonds is 11. The first-order valence-electron chi connectivity index (χ1n) is 8.20. The minimum absolute atomic E-state index is 0.643. The summed E-state index contributed by atoms with van der Waals surface area (Å²) < 4.78 is 5.26. The standard InChI is InChI=1S/C18H32N2O/c1-5-18(6-2)20(13-14-21-4)15-17-9-7-16(8-10-17)11-12-19-3/h7-10,18-19H,5-6,11-15H2,1-4H3. The Balaban J connectivity index is 2.64. The molecule has 0 saturated heterocycles. The second kappa shape index (κ2) is 10.8. The summed E-state index contributed by atoms with van der Waals surface area (Å²) in [6, 6.07) is 9.70. The van der Waals surface area contributed by atoms with Crippen LogP contribution in [0.2, 0.25) is 0 Å². The maximum absolute atomic E-state index is 5.26. The Bertz CT molecular complexity index is 360. The van der Waals surface area contributed by atoms with Crippen molar-refractivity contribution in [2.24, 2.45) is 0 Å². The number of ether oxygens (including phenoxy) is 1. The Hall–Kier alpha value is -0.900. The highest BCUT2D eigenvalue weighted by Gasteiger charge is 2.15. The first-order chi connectivity index (χ1) is 10.2. The summed E-state index contributed by atoms with van der Waals surface area (Å²) in [6.07, 6.45) is 3.48. The van der Waals surface area contributed by atoms with Crippen LogP contribution in [0.5, 0.6) is 0 Å². The van der Waals surface area contributed by atoms with E-state index >= 15 is 0 Å². The molecular weight excluding hydrogens is 260 g/mol. The highest BCUT2D eigenvalue weighted by molar-refractivity contribution is 5.22. The van der Waals surface area contributed by atoms with Crippen LogP contribution < -0.4 is 5.32 Å². The van der Waals surface area contributed by atoms with Crippen molar-refractivity contribution in [1.29, 1.82) is 0 Å². The van der Waals surface area contributed by atoms with Gasteiger partial charge in [0.15, 0.2) is 0 Å². The van der Waals surface area contributed by atoms with Gasteiger partial charge in [0.2, 0.25) is 0 Å². The normalized spacial score (nSPS) is 11.5. The molecule has 0 aliphatic carbocycles. The zero-order valence-corrected chi connectivity index (χ0v) is 14.2. The first kappa shape index (κ1) is 18.1. The average molecular weight is 292 g/mol. The van der Waals surface area contributed by atoms with Crippen LogP contribution in [0.15, 0.2) is 24.3 Å². The van der Waals surface area contributed by atoms with Gasteiger partial charge in [0.05, 0.1) is 6.61 Å². The molecule has 0 bridgehead atoms. The number of benzene rings is 1. The Kier molecular flexibility index (Phi) is 9.31. The van der Waals surface area contributed by atoms with Gasteiger partial charge in [-0.25, -0.2) is 0 Å². The van der Waals surface area contributed by atoms with E-state index in [2.05, 4.69) is 48.3 Å². The fourth-order valence-electron chi connectivity index (χ4n) is 2.72. The van der Waals surface area contributed by atoms with Crippen LogP contribution >= 0.6 is 0 Å². The molecule has 21 heavy (non-hydrogen) atoms. The summed E-state index contributed by atoms with van der Waals surface area (Å²) >= 11 is 0. The van der Waals surface area contributed by atoms with Gasteiger partial charge >= 0.3 is 0 Å². The van der Waals surface area contributed by atoms with Gasteiger partial charge in [-0.1, -0.05) is 38.1 Å². The van der Waals surface area contributed by atoms with Crippen LogP contribution in [0.1, 0.15) is 37.8 Å². The summed E-state index contributed by atoms with van der Waals surface area (Å²) in [6.45, 7) is 8.40. The maximum Gasteiger partial charge on any atom is 0.0589 e. The zero-order chi connectivity index (χ0) is 15.5. The molecule has 0 aliphatic heterocycles. The van der Waals surface area contributed by atoms with E-state index in [0.29, 0.717) is 6.04 Å². The first-order valence-corrected chi connectivity index (χ1v) is 8.20. The van der Waals surface area contributed by atoms with E-state index in [1.165, 1.54) is 24.0 Å². The number of hydrogen-bond acceptors (Lipinski definition) is 3. The number of likely N-dealkylation sites (N-methyl/N-ethyl adjacent to an activating group) is 1. The van der Waals surface area contributed by atoms with Crippen molar-refractivity contribution < 1.29 is 4.74 Å². The maximum atomic E-state index is 5.26. The van der Waals surface area contributed by atoms with E-state index in [0.717, 1.165) is 32.7 Å². The topological polar surface area (TPSA) is 24.5 Å². The highest BCUT2D eigenvalue weighted by atomic mass is 16.5. The van der Waals surface area contributed by atoms with Crippen LogP contribution in [-0.4, -0.2) is 44.8 Å². The fourth-order valence-corrected chi connectivity index (χ4v) is 2.72. The van der Waals surface area contributed by atoms with E-state index in [4.69, 9.17) is 4.74 Å². The van der Waals surface area contributed by atoms with Crippen molar-refractivity contribution in [3.05, 3.63) is 35.4 Å². The molecule has 0 heterocycles. The Labute approximate surface area is 130 Å². The number of nitrogens with one attached hydrogen (secondary N) is 1. The zero-order valence-electron chi connectivity index (χ0n) is 14.2. The molecule has 1 N–H and O–H groups in total. The second-order valence-corrected chi connectivity index (χ2v) is 5.60. The summed E-state index contributed by atoms with van der Waals surface area (Å²) in [5, 5.41) is 3.19. The largest absolute Gasteiger partial charge is 0.383 e. The van der Waals surface area contributed by atoms with Crippen molar-refractivity contribution >= 4 is 0 Å². The fraction of sp³-hybridized carbons (Fsp3) is 0.667. The Morgan fingerprint density at radius 2 is 1.71 bits per heavy atom. The molecule has 1 aromatic rings. The summed E-state index contributed by atoms with van der Waals surface area (Å²) in [5.41, 5.74) is 2.80. The van der Waals surface area contributed by atoms with E-state index in [1.54, 1.807) is 7.11 Å². The van der Waals surface area contributed by atoms with Gasteiger partial charge in [-0.15, -0.1) is 0 Å². The molecule has 120 valence electrons. The number of nitrogens with zero attached hydrogens (tertiary/aromatic N) is 1. The average Bonchev–Trinajstić information content (AvgIpc) is 2.52. The summed E-state index contributed by atoms with van der Waals surface area (Å²) in [7, 11) is 3.78. The van der Waals surface area contributed by atoms with E-state index in [9.17, 15) is 0 Å². The molecule has 0 radical (unpaired) electrons. The lowest BCUT2D eigenvalue weighted by molar-refractivity contribution is 0.110. The minimum Gasteiger partial charge on any atom is -0.383 e. The molecule has 0 aromatic heterocycles. The third-order valence-corrected chi connectivity index (χ3v) is 4.11. The predicted octanol–water partition coefficient (Wildman–Crippen LogP) is 3.09. The number of hydrogen-bond donors (Lipinski definition) is 1. The van der Waals surface area contributed by atoms with Crippen LogP contribution in [0.4, 0.5) is 0 Å². The van der Waals surface area contributed by atoms with Crippen molar-refractivity contribution in [1.82, 2.24) is 10.2 Å². The third kappa shape index (κ3) is 6.60. The smallest absolute Gasteiger partial charge is 0.0589 e. The van der Waals surface area contributed by atoms with Crippen molar-refractivity contribution in [2.45, 2.75) is 45.7 Å². The molecule has 0 aliphatic rings. The lowest BCUT2D eigenvalue weighted by atomic mass is 10.1. The Morgan fingerprint density at radius 1 is 1.10 bits per heavy atom. The van der Waals surface area contributed by atoms with Gasteiger partial charge in [0.1, 0.15) is 0 Å². The molecule has 0 fully saturated rings. The van der Waals surface area contributed by atoms with E-state index < -0.39 is 0 Å². The van der Waals surface area contributed by atoms with Crippen LogP contribution in [0.25, 0.3) is 0 Å². The molecule has 3 heteroatoms. The van der Waals surface area contributed by atoms with E-state index in [1.807, 2.05) is 7.05 Å². The third-order valence-electron chi connectivity index (χ3n) is 4.11. The quantitative estimate of drug-likeness (QED) is 0.678. The summed E-state index contributed by atoms with van der Waals surface area (Å²) in [5.74, 6) is 0. The van der Waals surface area contributed by atoms with Gasteiger partial charge in [-0.05, 0) is 44.0 Å². The van der Waals surface area contributed by atoms with Crippen LogP contribution in [0.3, 0.4) is 0 Å². The lowest BCUT2D eigenvalue weighted by Gasteiger charge is -2.30. The number of methoxy groups -OCH3 is 1. The molecule has 0 amide bonds. The van der Waals surface area contributed by atoms with Gasteiger partial charge in [0, 0.05) is 26.2 Å². The lowest BCUT2D eigenvalue weighted by Crippen LogP contribution is -2.36. The molecule has 0 spiro atoms. The van der Waals surface area contributed by atoms with Crippen LogP contribution in [0, 0.1) is 0 Å². The molecule has 0 atom stereocenters. The SMILES string of the molecule is CCC(CC)N(CCOC)Cc1ccc(CCNC)cc1.